The van der Waals surface area contributed by atoms with Crippen LogP contribution in [0.15, 0.2) is 312 Å². The third-order valence-electron chi connectivity index (χ3n) is 20.0. The Kier molecular flexibility index (Phi) is 14.6. The van der Waals surface area contributed by atoms with Crippen molar-refractivity contribution in [3.05, 3.63) is 314 Å². The van der Waals surface area contributed by atoms with E-state index >= 15 is 0 Å². The Bertz CT molecular complexity index is 6040. The molecule has 3 aromatic heterocycles. The fourth-order valence-electron chi connectivity index (χ4n) is 15.0. The van der Waals surface area contributed by atoms with Gasteiger partial charge in [-0.25, -0.2) is 0 Å². The van der Waals surface area contributed by atoms with Crippen molar-refractivity contribution >= 4 is 142 Å². The van der Waals surface area contributed by atoms with Gasteiger partial charge in [0.1, 0.15) is 16.7 Å². The summed E-state index contributed by atoms with van der Waals surface area (Å²) < 4.78 is 16.1. The number of para-hydroxylation sites is 1. The van der Waals surface area contributed by atoms with E-state index in [0.29, 0.717) is 0 Å². The number of benzene rings is 15. The molecule has 4 nitrogen and oxygen atoms in total. The summed E-state index contributed by atoms with van der Waals surface area (Å²) in [5.41, 5.74) is 21.9. The largest absolute Gasteiger partial charge is 0.456 e. The summed E-state index contributed by atoms with van der Waals surface area (Å²) in [5.74, 6) is 0. The second-order valence-electron chi connectivity index (χ2n) is 26.0. The first-order valence-corrected chi connectivity index (χ1v) is 35.0. The highest BCUT2D eigenvalue weighted by molar-refractivity contribution is 7.26. The number of furan rings is 2. The van der Waals surface area contributed by atoms with E-state index in [1.54, 1.807) is 0 Å². The van der Waals surface area contributed by atoms with Gasteiger partial charge in [-0.05, 0) is 229 Å². The predicted molar refractivity (Wildman–Crippen MR) is 415 cm³/mol. The lowest BCUT2D eigenvalue weighted by Crippen LogP contribution is -2.10. The quantitative estimate of drug-likeness (QED) is 0.0903. The van der Waals surface area contributed by atoms with E-state index in [9.17, 15) is 0 Å². The van der Waals surface area contributed by atoms with E-state index in [0.717, 1.165) is 108 Å². The van der Waals surface area contributed by atoms with Gasteiger partial charge in [-0.3, -0.25) is 0 Å². The summed E-state index contributed by atoms with van der Waals surface area (Å²) in [6.07, 6.45) is 6.92. The molecule has 0 bridgehead atoms. The summed E-state index contributed by atoms with van der Waals surface area (Å²) in [5, 5.41) is 14.1. The molecule has 0 spiro atoms. The van der Waals surface area contributed by atoms with E-state index in [-0.39, 0.29) is 0 Å². The van der Waals surface area contributed by atoms with Gasteiger partial charge >= 0.3 is 0 Å². The molecule has 0 saturated carbocycles. The molecule has 0 fully saturated rings. The van der Waals surface area contributed by atoms with Gasteiger partial charge in [0.25, 0.3) is 0 Å². The number of hydrogen-bond acceptors (Lipinski definition) is 5. The lowest BCUT2D eigenvalue weighted by Gasteiger charge is -2.27. The van der Waals surface area contributed by atoms with Crippen LogP contribution < -0.4 is 9.80 Å². The van der Waals surface area contributed by atoms with Crippen LogP contribution in [0.2, 0.25) is 0 Å². The van der Waals surface area contributed by atoms with Gasteiger partial charge in [0.05, 0.1) is 5.69 Å². The van der Waals surface area contributed by atoms with Crippen LogP contribution in [0, 0.1) is 0 Å². The van der Waals surface area contributed by atoms with Crippen molar-refractivity contribution in [1.29, 1.82) is 0 Å². The highest BCUT2D eigenvalue weighted by Crippen LogP contribution is 2.49. The van der Waals surface area contributed by atoms with Crippen LogP contribution in [-0.4, -0.2) is 0 Å². The van der Waals surface area contributed by atoms with Crippen molar-refractivity contribution in [2.45, 2.75) is 52.4 Å². The van der Waals surface area contributed by atoms with Crippen LogP contribution in [-0.2, 0) is 12.8 Å². The average molecular weight is 1270 g/mol. The van der Waals surface area contributed by atoms with Crippen molar-refractivity contribution < 1.29 is 8.83 Å². The van der Waals surface area contributed by atoms with Crippen LogP contribution in [0.3, 0.4) is 0 Å². The lowest BCUT2D eigenvalue weighted by molar-refractivity contribution is 0.668. The van der Waals surface area contributed by atoms with E-state index < -0.39 is 0 Å². The number of thiophene rings is 1. The molecule has 18 aromatic rings. The van der Waals surface area contributed by atoms with Crippen LogP contribution in [0.5, 0.6) is 0 Å². The highest BCUT2D eigenvalue weighted by atomic mass is 32.1. The fourth-order valence-corrected chi connectivity index (χ4v) is 16.1. The Morgan fingerprint density at radius 2 is 0.670 bits per heavy atom. The van der Waals surface area contributed by atoms with Crippen LogP contribution in [0.4, 0.5) is 34.1 Å². The number of aryl methyl sites for hydroxylation is 2. The number of anilines is 6. The van der Waals surface area contributed by atoms with Crippen molar-refractivity contribution in [1.82, 2.24) is 0 Å². The van der Waals surface area contributed by atoms with Crippen molar-refractivity contribution in [2.24, 2.45) is 0 Å². The van der Waals surface area contributed by atoms with Gasteiger partial charge in [-0.15, -0.1) is 11.3 Å². The van der Waals surface area contributed by atoms with Crippen molar-refractivity contribution in [3.8, 4) is 44.5 Å². The standard InChI is InChI=1S/C92H68N2O2S/c1-3-5-18-59-32-36-63(37-33-59)65-24-15-26-69(50-65)93(72-43-48-88-83(55-72)82-53-68(40-46-87(82)95-88)62-22-11-8-12-23-62)71-42-45-76-78(54-71)74-28-13-14-29-75(74)79-57-85-84-56-73(44-49-90(84)97-91(85)58-80(76)79)94(70-27-16-25-66(51-70)64-38-34-60(35-39-64)19-6-4-2)86-31-17-30-77-81-52-67(61-20-9-7-10-21-61)41-47-89(81)96-92(77)86/h7-17,20-58H,3-6,18-19H2,1-2H3. The molecule has 3 heterocycles. The normalized spacial score (nSPS) is 11.9. The molecule has 0 saturated heterocycles. The van der Waals surface area contributed by atoms with Gasteiger partial charge in [0.15, 0.2) is 5.58 Å². The minimum Gasteiger partial charge on any atom is -0.456 e. The topological polar surface area (TPSA) is 32.8 Å². The van der Waals surface area contributed by atoms with E-state index in [1.807, 2.05) is 11.3 Å². The van der Waals surface area contributed by atoms with Gasteiger partial charge in [-0.2, -0.15) is 0 Å². The first-order valence-electron chi connectivity index (χ1n) is 34.2. The third-order valence-corrected chi connectivity index (χ3v) is 21.1. The summed E-state index contributed by atoms with van der Waals surface area (Å²) in [4.78, 5) is 4.85. The molecule has 0 amide bonds. The summed E-state index contributed by atoms with van der Waals surface area (Å²) >= 11 is 1.87. The Morgan fingerprint density at radius 3 is 1.30 bits per heavy atom. The molecule has 0 radical (unpaired) electrons. The first kappa shape index (κ1) is 58.1. The molecule has 0 atom stereocenters. The van der Waals surface area contributed by atoms with E-state index in [4.69, 9.17) is 8.83 Å². The second-order valence-corrected chi connectivity index (χ2v) is 27.1. The number of hydrogen-bond donors (Lipinski definition) is 0. The number of nitrogens with zero attached hydrogens (tertiary/aromatic N) is 2. The molecule has 97 heavy (non-hydrogen) atoms. The van der Waals surface area contributed by atoms with Crippen LogP contribution in [0.25, 0.3) is 141 Å². The molecule has 0 aliphatic rings. The number of fused-ring (bicyclic) bond motifs is 15. The summed E-state index contributed by atoms with van der Waals surface area (Å²) in [7, 11) is 0. The molecule has 5 heteroatoms. The molecule has 0 aliphatic carbocycles. The maximum Gasteiger partial charge on any atom is 0.159 e. The van der Waals surface area contributed by atoms with Crippen molar-refractivity contribution in [2.75, 3.05) is 9.80 Å². The second kappa shape index (κ2) is 24.4. The first-order chi connectivity index (χ1) is 47.9. The molecule has 18 rings (SSSR count). The Hall–Kier alpha value is -11.5. The zero-order chi connectivity index (χ0) is 64.5. The third kappa shape index (κ3) is 10.5. The molecule has 15 aromatic carbocycles. The van der Waals surface area contributed by atoms with E-state index in [2.05, 4.69) is 327 Å². The molecule has 464 valence electrons. The Balaban J connectivity index is 0.787. The SMILES string of the molecule is CCCCc1ccc(-c2cccc(N(c3ccc4oc5ccc(-c6ccccc6)cc5c4c3)c3ccc4c(c3)c3ccccc3c3cc5c(cc43)sc3ccc(N(c4cccc(-c6ccc(CCCC)cc6)c4)c4cccc6c4oc4ccc(-c7ccccc7)cc46)cc35)c2)cc1. The monoisotopic (exact) mass is 1260 g/mol. The Morgan fingerprint density at radius 1 is 0.258 bits per heavy atom. The molecular weight excluding hydrogens is 1200 g/mol. The molecule has 0 unspecified atom stereocenters. The highest BCUT2D eigenvalue weighted by Gasteiger charge is 2.24. The fraction of sp³-hybridized carbons (Fsp3) is 0.0870. The zero-order valence-electron chi connectivity index (χ0n) is 54.2. The molecule has 0 N–H and O–H groups in total. The van der Waals surface area contributed by atoms with Gasteiger partial charge in [0.2, 0.25) is 0 Å². The summed E-state index contributed by atoms with van der Waals surface area (Å²) in [6, 6.07) is 112. The number of rotatable bonds is 16. The van der Waals surface area contributed by atoms with Crippen LogP contribution >= 0.6 is 11.3 Å². The maximum atomic E-state index is 7.02. The van der Waals surface area contributed by atoms with Crippen LogP contribution in [0.1, 0.15) is 50.7 Å². The van der Waals surface area contributed by atoms with Gasteiger partial charge < -0.3 is 18.6 Å². The smallest absolute Gasteiger partial charge is 0.159 e. The average Bonchev–Trinajstić information content (AvgIpc) is 0.960. The molecule has 0 aliphatic heterocycles. The number of unbranched alkanes of at least 4 members (excludes halogenated alkanes) is 2. The molecular formula is C92H68N2O2S. The summed E-state index contributed by atoms with van der Waals surface area (Å²) in [6.45, 7) is 4.52. The van der Waals surface area contributed by atoms with Crippen molar-refractivity contribution in [3.63, 3.8) is 0 Å². The van der Waals surface area contributed by atoms with Gasteiger partial charge in [0, 0.05) is 70.2 Å². The van der Waals surface area contributed by atoms with Gasteiger partial charge in [-0.1, -0.05) is 215 Å². The minimum absolute atomic E-state index is 0.849. The predicted octanol–water partition coefficient (Wildman–Crippen LogP) is 27.6. The lowest BCUT2D eigenvalue weighted by atomic mass is 9.92. The minimum atomic E-state index is 0.849. The van der Waals surface area contributed by atoms with E-state index in [1.165, 1.54) is 117 Å². The zero-order valence-corrected chi connectivity index (χ0v) is 55.0. The Labute approximate surface area is 568 Å². The maximum absolute atomic E-state index is 7.02.